The Labute approximate surface area is 126 Å². The molecule has 0 spiro atoms. The summed E-state index contributed by atoms with van der Waals surface area (Å²) in [6, 6.07) is 8.83. The highest BCUT2D eigenvalue weighted by Crippen LogP contribution is 2.29. The van der Waals surface area contributed by atoms with Gasteiger partial charge in [0.2, 0.25) is 0 Å². The molecule has 19 heavy (non-hydrogen) atoms. The largest absolute Gasteiger partial charge is 0.388 e. The summed E-state index contributed by atoms with van der Waals surface area (Å²) in [5.74, 6) is -0.887. The van der Waals surface area contributed by atoms with Gasteiger partial charge >= 0.3 is 0 Å². The molecule has 2 aromatic carbocycles. The van der Waals surface area contributed by atoms with Gasteiger partial charge < -0.3 is 5.11 Å². The van der Waals surface area contributed by atoms with Crippen LogP contribution in [0.2, 0.25) is 0 Å². The normalized spacial score (nSPS) is 12.5. The summed E-state index contributed by atoms with van der Waals surface area (Å²) in [4.78, 5) is 0. The Morgan fingerprint density at radius 3 is 2.47 bits per heavy atom. The van der Waals surface area contributed by atoms with Crippen molar-refractivity contribution in [1.82, 2.24) is 0 Å². The minimum Gasteiger partial charge on any atom is -0.388 e. The Hall–Kier alpha value is -0.780. The Kier molecular flexibility index (Phi) is 4.71. The maximum absolute atomic E-state index is 13.7. The van der Waals surface area contributed by atoms with Crippen LogP contribution in [-0.4, -0.2) is 5.11 Å². The summed E-state index contributed by atoms with van der Waals surface area (Å²) in [6.07, 6.45) is -0.903. The molecule has 2 rings (SSSR count). The summed E-state index contributed by atoms with van der Waals surface area (Å²) >= 11 is 6.39. The zero-order valence-corrected chi connectivity index (χ0v) is 12.9. The van der Waals surface area contributed by atoms with E-state index in [4.69, 9.17) is 0 Å². The second-order valence-electron chi connectivity index (χ2n) is 4.13. The van der Waals surface area contributed by atoms with E-state index in [1.165, 1.54) is 18.2 Å². The first-order chi connectivity index (χ1) is 8.97. The van der Waals surface area contributed by atoms with Gasteiger partial charge in [0.1, 0.15) is 11.6 Å². The molecule has 0 aliphatic carbocycles. The molecule has 0 radical (unpaired) electrons. The van der Waals surface area contributed by atoms with Crippen molar-refractivity contribution in [3.05, 3.63) is 68.1 Å². The van der Waals surface area contributed by atoms with Crippen molar-refractivity contribution < 1.29 is 13.9 Å². The second kappa shape index (κ2) is 6.11. The third-order valence-corrected chi connectivity index (χ3v) is 3.83. The Bertz CT molecular complexity index is 561. The molecule has 1 atom stereocenters. The van der Waals surface area contributed by atoms with Crippen molar-refractivity contribution in [3.63, 3.8) is 0 Å². The third kappa shape index (κ3) is 3.61. The van der Waals surface area contributed by atoms with E-state index in [1.54, 1.807) is 18.2 Å². The van der Waals surface area contributed by atoms with Crippen molar-refractivity contribution in [2.75, 3.05) is 0 Å². The number of hydrogen-bond donors (Lipinski definition) is 1. The zero-order valence-electron chi connectivity index (χ0n) is 9.71. The smallest absolute Gasteiger partial charge is 0.130 e. The maximum atomic E-state index is 13.7. The SMILES string of the molecule is OC(Cc1cc(F)cc(Br)c1)c1c(F)cccc1Br. The predicted molar refractivity (Wildman–Crippen MR) is 76.9 cm³/mol. The van der Waals surface area contributed by atoms with E-state index >= 15 is 0 Å². The first-order valence-corrected chi connectivity index (χ1v) is 7.13. The molecule has 0 bridgehead atoms. The lowest BCUT2D eigenvalue weighted by Gasteiger charge is -2.14. The molecular formula is C14H10Br2F2O. The fourth-order valence-electron chi connectivity index (χ4n) is 1.88. The molecular weight excluding hydrogens is 382 g/mol. The molecule has 0 heterocycles. The van der Waals surface area contributed by atoms with Gasteiger partial charge in [-0.25, -0.2) is 8.78 Å². The lowest BCUT2D eigenvalue weighted by Crippen LogP contribution is -2.05. The second-order valence-corrected chi connectivity index (χ2v) is 5.90. The zero-order chi connectivity index (χ0) is 14.0. The van der Waals surface area contributed by atoms with E-state index in [1.807, 2.05) is 0 Å². The van der Waals surface area contributed by atoms with Gasteiger partial charge in [-0.05, 0) is 35.9 Å². The lowest BCUT2D eigenvalue weighted by molar-refractivity contribution is 0.172. The fourth-order valence-corrected chi connectivity index (χ4v) is 3.00. The molecule has 0 saturated heterocycles. The van der Waals surface area contributed by atoms with Gasteiger partial charge in [-0.3, -0.25) is 0 Å². The van der Waals surface area contributed by atoms with Crippen LogP contribution in [0.1, 0.15) is 17.2 Å². The molecule has 0 amide bonds. The predicted octanol–water partition coefficient (Wildman–Crippen LogP) is 4.77. The summed E-state index contributed by atoms with van der Waals surface area (Å²) in [5, 5.41) is 10.1. The van der Waals surface area contributed by atoms with E-state index in [0.717, 1.165) is 0 Å². The topological polar surface area (TPSA) is 20.2 Å². The van der Waals surface area contributed by atoms with Crippen LogP contribution in [0.25, 0.3) is 0 Å². The van der Waals surface area contributed by atoms with Crippen molar-refractivity contribution in [2.45, 2.75) is 12.5 Å². The molecule has 0 aliphatic rings. The van der Waals surface area contributed by atoms with Crippen LogP contribution < -0.4 is 0 Å². The molecule has 0 fully saturated rings. The maximum Gasteiger partial charge on any atom is 0.130 e. The number of halogens is 4. The van der Waals surface area contributed by atoms with Crippen LogP contribution in [0.4, 0.5) is 8.78 Å². The van der Waals surface area contributed by atoms with Gasteiger partial charge in [-0.15, -0.1) is 0 Å². The highest BCUT2D eigenvalue weighted by Gasteiger charge is 2.17. The molecule has 100 valence electrons. The Morgan fingerprint density at radius 2 is 1.84 bits per heavy atom. The highest BCUT2D eigenvalue weighted by molar-refractivity contribution is 9.10. The monoisotopic (exact) mass is 390 g/mol. The molecule has 0 aliphatic heterocycles. The summed E-state index contributed by atoms with van der Waals surface area (Å²) in [6.45, 7) is 0. The summed E-state index contributed by atoms with van der Waals surface area (Å²) in [5.41, 5.74) is 0.775. The van der Waals surface area contributed by atoms with Gasteiger partial charge in [-0.1, -0.05) is 37.9 Å². The molecule has 0 saturated carbocycles. The third-order valence-electron chi connectivity index (χ3n) is 2.68. The van der Waals surface area contributed by atoms with Crippen molar-refractivity contribution in [1.29, 1.82) is 0 Å². The number of rotatable bonds is 3. The number of benzene rings is 2. The Morgan fingerprint density at radius 1 is 1.11 bits per heavy atom. The van der Waals surface area contributed by atoms with Gasteiger partial charge in [-0.2, -0.15) is 0 Å². The van der Waals surface area contributed by atoms with E-state index in [-0.39, 0.29) is 12.0 Å². The average Bonchev–Trinajstić information content (AvgIpc) is 2.26. The standard InChI is InChI=1S/C14H10Br2F2O/c15-9-4-8(5-10(17)7-9)6-13(19)14-11(16)2-1-3-12(14)18/h1-5,7,13,19H,6H2. The quantitative estimate of drug-likeness (QED) is 0.799. The van der Waals surface area contributed by atoms with Gasteiger partial charge in [0.25, 0.3) is 0 Å². The minimum atomic E-state index is -1.04. The fraction of sp³-hybridized carbons (Fsp3) is 0.143. The number of aliphatic hydroxyl groups is 1. The molecule has 5 heteroatoms. The van der Waals surface area contributed by atoms with E-state index < -0.39 is 17.7 Å². The lowest BCUT2D eigenvalue weighted by atomic mass is 10.0. The molecule has 1 unspecified atom stereocenters. The van der Waals surface area contributed by atoms with E-state index in [2.05, 4.69) is 31.9 Å². The van der Waals surface area contributed by atoms with Crippen LogP contribution in [-0.2, 0) is 6.42 Å². The summed E-state index contributed by atoms with van der Waals surface area (Å²) < 4.78 is 28.0. The molecule has 1 N–H and O–H groups in total. The molecule has 0 aromatic heterocycles. The van der Waals surface area contributed by atoms with Crippen LogP contribution >= 0.6 is 31.9 Å². The van der Waals surface area contributed by atoms with E-state index in [9.17, 15) is 13.9 Å². The van der Waals surface area contributed by atoms with Gasteiger partial charge in [0.05, 0.1) is 6.10 Å². The van der Waals surface area contributed by atoms with Crippen LogP contribution in [0.5, 0.6) is 0 Å². The van der Waals surface area contributed by atoms with E-state index in [0.29, 0.717) is 14.5 Å². The van der Waals surface area contributed by atoms with Crippen molar-refractivity contribution in [2.24, 2.45) is 0 Å². The van der Waals surface area contributed by atoms with Crippen LogP contribution in [0.3, 0.4) is 0 Å². The summed E-state index contributed by atoms with van der Waals surface area (Å²) in [7, 11) is 0. The van der Waals surface area contributed by atoms with Gasteiger partial charge in [0, 0.05) is 20.9 Å². The first kappa shape index (κ1) is 14.6. The van der Waals surface area contributed by atoms with Crippen LogP contribution in [0.15, 0.2) is 45.3 Å². The van der Waals surface area contributed by atoms with Crippen molar-refractivity contribution in [3.8, 4) is 0 Å². The highest BCUT2D eigenvalue weighted by atomic mass is 79.9. The number of hydrogen-bond acceptors (Lipinski definition) is 1. The molecule has 2 aromatic rings. The number of aliphatic hydroxyl groups excluding tert-OH is 1. The van der Waals surface area contributed by atoms with Crippen LogP contribution in [0, 0.1) is 11.6 Å². The Balaban J connectivity index is 2.28. The molecule has 1 nitrogen and oxygen atoms in total. The average molecular weight is 392 g/mol. The minimum absolute atomic E-state index is 0.135. The van der Waals surface area contributed by atoms with Gasteiger partial charge in [0.15, 0.2) is 0 Å². The van der Waals surface area contributed by atoms with Crippen molar-refractivity contribution >= 4 is 31.9 Å². The first-order valence-electron chi connectivity index (χ1n) is 5.54.